The van der Waals surface area contributed by atoms with Crippen LogP contribution in [0.25, 0.3) is 0 Å². The van der Waals surface area contributed by atoms with Crippen LogP contribution in [0.4, 0.5) is 9.59 Å². The summed E-state index contributed by atoms with van der Waals surface area (Å²) in [4.78, 5) is 39.1. The lowest BCUT2D eigenvalue weighted by Crippen LogP contribution is -2.38. The lowest BCUT2D eigenvalue weighted by atomic mass is 9.77. The molecule has 15 heteroatoms. The first-order valence-electron chi connectivity index (χ1n) is 31.7. The summed E-state index contributed by atoms with van der Waals surface area (Å²) >= 11 is 14.0. The second-order valence-corrected chi connectivity index (χ2v) is 26.0. The number of ether oxygens (including phenoxy) is 4. The maximum atomic E-state index is 12.3. The fourth-order valence-corrected chi connectivity index (χ4v) is 10.6. The fourth-order valence-electron chi connectivity index (χ4n) is 10.3. The van der Waals surface area contributed by atoms with Crippen molar-refractivity contribution in [2.24, 2.45) is 0 Å². The zero-order valence-electron chi connectivity index (χ0n) is 55.4. The largest absolute Gasteiger partial charge is 0.444 e. The van der Waals surface area contributed by atoms with E-state index in [2.05, 4.69) is 78.1 Å². The van der Waals surface area contributed by atoms with E-state index in [-0.39, 0.29) is 28.9 Å². The van der Waals surface area contributed by atoms with E-state index in [1.54, 1.807) is 17.1 Å². The van der Waals surface area contributed by atoms with Crippen LogP contribution in [0.5, 0.6) is 0 Å². The van der Waals surface area contributed by atoms with Gasteiger partial charge in [-0.15, -0.1) is 42.9 Å². The molecule has 5 aromatic carbocycles. The summed E-state index contributed by atoms with van der Waals surface area (Å²) in [6.07, 6.45) is 16.6. The molecule has 0 N–H and O–H groups in total. The van der Waals surface area contributed by atoms with Crippen molar-refractivity contribution < 1.29 is 33.3 Å². The molecule has 5 aromatic rings. The number of rotatable bonds is 16. The van der Waals surface area contributed by atoms with Gasteiger partial charge in [-0.25, -0.2) is 9.59 Å². The summed E-state index contributed by atoms with van der Waals surface area (Å²) in [6.45, 7) is 29.1. The van der Waals surface area contributed by atoms with E-state index >= 15 is 0 Å². The summed E-state index contributed by atoms with van der Waals surface area (Å²) in [5, 5.41) is 27.3. The lowest BCUT2D eigenvalue weighted by molar-refractivity contribution is -0.108. The average Bonchev–Trinajstić information content (AvgIpc) is 1.66. The van der Waals surface area contributed by atoms with Crippen molar-refractivity contribution in [3.05, 3.63) is 217 Å². The Bertz CT molecular complexity index is 2840. The van der Waals surface area contributed by atoms with Gasteiger partial charge in [0.05, 0.1) is 36.0 Å². The molecule has 4 heterocycles. The van der Waals surface area contributed by atoms with Gasteiger partial charge in [0.25, 0.3) is 0 Å². The summed E-state index contributed by atoms with van der Waals surface area (Å²) in [5.41, 5.74) is 3.80. The molecular formula is C77H100BrCl2N5O7. The molecule has 4 aliphatic heterocycles. The number of aldehydes is 1. The summed E-state index contributed by atoms with van der Waals surface area (Å²) in [6, 6.07) is 56.3. The number of likely N-dealkylation sites (tertiary alicyclic amines) is 2. The SMILES string of the molecule is C1CCOC1.C1CCOC1.C=CCC(C#N)(CCCl)c1ccccc1.C=CCC(C#N)c1ccccc1.C=CCC1(c2ccccc2)CCN(C(=O)OC(C)(C)C)C1.CC(C)(C)OC(=O)N1CCC(CC=O)(c2ccccc2)C1.ClCCBr.N#CCc1ccccc1. The molecule has 9 rings (SSSR count). The van der Waals surface area contributed by atoms with Gasteiger partial charge in [-0.05, 0) is 134 Å². The third kappa shape index (κ3) is 31.5. The molecule has 2 amide bonds. The first-order valence-corrected chi connectivity index (χ1v) is 33.9. The van der Waals surface area contributed by atoms with E-state index in [0.29, 0.717) is 57.1 Å². The van der Waals surface area contributed by atoms with Crippen molar-refractivity contribution >= 4 is 57.6 Å². The Hall–Kier alpha value is -7.02. The van der Waals surface area contributed by atoms with E-state index in [1.165, 1.54) is 31.2 Å². The van der Waals surface area contributed by atoms with Gasteiger partial charge in [-0.3, -0.25) is 0 Å². The van der Waals surface area contributed by atoms with Crippen LogP contribution in [0.2, 0.25) is 0 Å². The number of alkyl halides is 3. The number of allylic oxidation sites excluding steroid dienone is 3. The quantitative estimate of drug-likeness (QED) is 0.0527. The summed E-state index contributed by atoms with van der Waals surface area (Å²) in [7, 11) is 0. The number of carbonyl (C=O) groups excluding carboxylic acids is 3. The lowest BCUT2D eigenvalue weighted by Gasteiger charge is -2.30. The normalized spacial score (nSPS) is 17.6. The summed E-state index contributed by atoms with van der Waals surface area (Å²) in [5.74, 6) is 1.15. The molecule has 4 atom stereocenters. The van der Waals surface area contributed by atoms with Crippen molar-refractivity contribution in [3.63, 3.8) is 0 Å². The van der Waals surface area contributed by atoms with Gasteiger partial charge in [0, 0.05) is 86.9 Å². The molecule has 92 heavy (non-hydrogen) atoms. The standard InChI is InChI=1S/C18H25NO2.C17H23NO3.C13H14ClN.C11H11N.C8H7N.2C4H8O.C2H4BrCl/c1-5-11-18(15-9-7-6-8-10-15)12-13-19(14-18)16(20)21-17(2,3)4;1-16(2,3)21-15(20)18-11-9-17(13-18,10-12-19)14-7-5-4-6-8-14;1-2-8-13(11-15,9-10-14)12-6-4-3-5-7-12;1-2-6-11(9-12)10-7-4-3-5-8-10;9-7-6-8-4-2-1-3-5-8;2*1-2-4-5-3-1;3-1-2-4/h5-10H,1,11-14H2,2-4H3;4-8,12H,9-11,13H2,1-3H3;2-7H,1,8-10H2;2-5,7-8,11H,1,6H2;1-5H,6H2;2*1-4H2;1-2H2. The molecule has 0 radical (unpaired) electrons. The fraction of sp³-hybridized carbons (Fsp3) is 0.455. The number of amides is 2. The van der Waals surface area contributed by atoms with Crippen LogP contribution in [0.1, 0.15) is 146 Å². The van der Waals surface area contributed by atoms with E-state index in [9.17, 15) is 19.6 Å². The number of carbonyl (C=O) groups is 3. The average molecular weight is 1360 g/mol. The minimum atomic E-state index is -0.509. The van der Waals surface area contributed by atoms with E-state index in [1.807, 2.05) is 180 Å². The second-order valence-electron chi connectivity index (χ2n) is 24.4. The van der Waals surface area contributed by atoms with E-state index in [0.717, 1.165) is 92.5 Å². The number of hydrogen-bond donors (Lipinski definition) is 0. The number of nitriles is 3. The van der Waals surface area contributed by atoms with Crippen molar-refractivity contribution in [3.8, 4) is 18.2 Å². The number of nitrogens with zero attached hydrogens (tertiary/aromatic N) is 5. The Balaban J connectivity index is 0.000000379. The highest BCUT2D eigenvalue weighted by Gasteiger charge is 2.43. The minimum absolute atomic E-state index is 0.0279. The van der Waals surface area contributed by atoms with Crippen LogP contribution in [0, 0.1) is 34.0 Å². The number of benzene rings is 5. The molecular weight excluding hydrogens is 1260 g/mol. The van der Waals surface area contributed by atoms with Crippen LogP contribution in [-0.4, -0.2) is 109 Å². The predicted octanol–water partition coefficient (Wildman–Crippen LogP) is 18.8. The topological polar surface area (TPSA) is 166 Å². The van der Waals surface area contributed by atoms with Crippen molar-refractivity contribution in [2.45, 2.75) is 152 Å². The van der Waals surface area contributed by atoms with Gasteiger partial charge in [0.1, 0.15) is 17.5 Å². The van der Waals surface area contributed by atoms with Gasteiger partial charge in [0.2, 0.25) is 0 Å². The van der Waals surface area contributed by atoms with Crippen LogP contribution in [-0.2, 0) is 46.4 Å². The first-order chi connectivity index (χ1) is 44.2. The van der Waals surface area contributed by atoms with E-state index in [4.69, 9.17) is 52.7 Å². The summed E-state index contributed by atoms with van der Waals surface area (Å²) < 4.78 is 20.8. The van der Waals surface area contributed by atoms with Gasteiger partial charge in [-0.2, -0.15) is 15.8 Å². The third-order valence-electron chi connectivity index (χ3n) is 15.0. The zero-order valence-corrected chi connectivity index (χ0v) is 58.5. The first kappa shape index (κ1) is 81.1. The molecule has 4 saturated heterocycles. The molecule has 0 aromatic heterocycles. The maximum Gasteiger partial charge on any atom is 0.410 e. The highest BCUT2D eigenvalue weighted by atomic mass is 79.9. The van der Waals surface area contributed by atoms with Crippen molar-refractivity contribution in [1.29, 1.82) is 15.8 Å². The molecule has 12 nitrogen and oxygen atoms in total. The minimum Gasteiger partial charge on any atom is -0.444 e. The maximum absolute atomic E-state index is 12.3. The smallest absolute Gasteiger partial charge is 0.410 e. The molecule has 0 spiro atoms. The molecule has 0 saturated carbocycles. The highest BCUT2D eigenvalue weighted by molar-refractivity contribution is 9.09. The monoisotopic (exact) mass is 1360 g/mol. The predicted molar refractivity (Wildman–Crippen MR) is 380 cm³/mol. The second kappa shape index (κ2) is 46.1. The Kier molecular flexibility index (Phi) is 40.6. The third-order valence-corrected chi connectivity index (χ3v) is 16.2. The Morgan fingerprint density at radius 2 is 1.03 bits per heavy atom. The molecule has 0 aliphatic carbocycles. The van der Waals surface area contributed by atoms with E-state index < -0.39 is 16.6 Å². The van der Waals surface area contributed by atoms with Gasteiger partial charge >= 0.3 is 12.2 Å². The molecule has 4 fully saturated rings. The molecule has 0 bridgehead atoms. The van der Waals surface area contributed by atoms with Crippen LogP contribution < -0.4 is 0 Å². The molecule has 4 unspecified atom stereocenters. The van der Waals surface area contributed by atoms with Crippen molar-refractivity contribution in [1.82, 2.24) is 9.80 Å². The Morgan fingerprint density at radius 1 is 0.620 bits per heavy atom. The van der Waals surface area contributed by atoms with Gasteiger partial charge < -0.3 is 33.5 Å². The zero-order chi connectivity index (χ0) is 68.0. The number of halogens is 3. The van der Waals surface area contributed by atoms with Crippen LogP contribution in [0.3, 0.4) is 0 Å². The number of hydrogen-bond acceptors (Lipinski definition) is 10. The Morgan fingerprint density at radius 3 is 1.36 bits per heavy atom. The van der Waals surface area contributed by atoms with Gasteiger partial charge in [-0.1, -0.05) is 186 Å². The van der Waals surface area contributed by atoms with Crippen LogP contribution in [0.15, 0.2) is 190 Å². The van der Waals surface area contributed by atoms with Crippen molar-refractivity contribution in [2.75, 3.05) is 69.7 Å². The highest BCUT2D eigenvalue weighted by Crippen LogP contribution is 2.40. The Labute approximate surface area is 570 Å². The molecule has 4 aliphatic rings. The van der Waals surface area contributed by atoms with Gasteiger partial charge in [0.15, 0.2) is 0 Å². The van der Waals surface area contributed by atoms with Crippen LogP contribution >= 0.6 is 39.1 Å². The molecule has 496 valence electrons.